The molecule has 0 saturated carbocycles. The van der Waals surface area contributed by atoms with Crippen LogP contribution in [-0.4, -0.2) is 25.0 Å². The minimum Gasteiger partial charge on any atom is -0.493 e. The molecule has 0 unspecified atom stereocenters. The van der Waals surface area contributed by atoms with Gasteiger partial charge in [0.15, 0.2) is 16.6 Å². The molecule has 0 bridgehead atoms. The predicted molar refractivity (Wildman–Crippen MR) is 96.2 cm³/mol. The Kier molecular flexibility index (Phi) is 7.09. The van der Waals surface area contributed by atoms with Crippen molar-refractivity contribution in [3.05, 3.63) is 59.7 Å². The van der Waals surface area contributed by atoms with Crippen LogP contribution in [0.4, 0.5) is 8.78 Å². The molecule has 132 valence electrons. The SMILES string of the molecule is COc1cc(C=NNC(=S)NCc2ccccc2)ccc1OC(F)F. The van der Waals surface area contributed by atoms with Crippen molar-refractivity contribution < 1.29 is 18.3 Å². The molecule has 0 spiro atoms. The molecule has 2 aromatic carbocycles. The second kappa shape index (κ2) is 9.53. The third-order valence-corrected chi connectivity index (χ3v) is 3.31. The van der Waals surface area contributed by atoms with Gasteiger partial charge in [0, 0.05) is 6.54 Å². The molecular formula is C17H17F2N3O2S. The second-order valence-electron chi connectivity index (χ2n) is 4.83. The lowest BCUT2D eigenvalue weighted by molar-refractivity contribution is -0.0512. The van der Waals surface area contributed by atoms with Gasteiger partial charge in [-0.1, -0.05) is 30.3 Å². The van der Waals surface area contributed by atoms with Crippen molar-refractivity contribution in [2.75, 3.05) is 7.11 Å². The first-order chi connectivity index (χ1) is 12.1. The van der Waals surface area contributed by atoms with Crippen molar-refractivity contribution in [3.63, 3.8) is 0 Å². The van der Waals surface area contributed by atoms with E-state index in [4.69, 9.17) is 17.0 Å². The van der Waals surface area contributed by atoms with Crippen LogP contribution in [0, 0.1) is 0 Å². The van der Waals surface area contributed by atoms with Gasteiger partial charge in [0.05, 0.1) is 13.3 Å². The van der Waals surface area contributed by atoms with E-state index in [-0.39, 0.29) is 11.5 Å². The zero-order valence-corrected chi connectivity index (χ0v) is 14.2. The number of hydrogen-bond acceptors (Lipinski definition) is 4. The van der Waals surface area contributed by atoms with E-state index < -0.39 is 6.61 Å². The van der Waals surface area contributed by atoms with E-state index in [2.05, 4.69) is 20.6 Å². The Bertz CT molecular complexity index is 727. The molecule has 0 atom stereocenters. The molecule has 0 saturated heterocycles. The zero-order chi connectivity index (χ0) is 18.1. The summed E-state index contributed by atoms with van der Waals surface area (Å²) in [7, 11) is 1.37. The Labute approximate surface area is 149 Å². The molecule has 2 N–H and O–H groups in total. The van der Waals surface area contributed by atoms with Crippen molar-refractivity contribution >= 4 is 23.5 Å². The summed E-state index contributed by atoms with van der Waals surface area (Å²) in [5, 5.41) is 7.38. The van der Waals surface area contributed by atoms with Gasteiger partial charge < -0.3 is 14.8 Å². The van der Waals surface area contributed by atoms with Crippen LogP contribution in [-0.2, 0) is 6.54 Å². The van der Waals surface area contributed by atoms with Crippen LogP contribution in [0.5, 0.6) is 11.5 Å². The third kappa shape index (κ3) is 6.34. The van der Waals surface area contributed by atoms with E-state index in [1.54, 1.807) is 6.07 Å². The van der Waals surface area contributed by atoms with Gasteiger partial charge in [-0.15, -0.1) is 0 Å². The van der Waals surface area contributed by atoms with Gasteiger partial charge in [-0.2, -0.15) is 13.9 Å². The van der Waals surface area contributed by atoms with Gasteiger partial charge in [0.1, 0.15) is 0 Å². The maximum absolute atomic E-state index is 12.3. The average Bonchev–Trinajstić information content (AvgIpc) is 2.61. The summed E-state index contributed by atoms with van der Waals surface area (Å²) in [6.07, 6.45) is 1.49. The molecule has 2 rings (SSSR count). The molecule has 2 aromatic rings. The van der Waals surface area contributed by atoms with E-state index in [0.717, 1.165) is 5.56 Å². The van der Waals surface area contributed by atoms with Crippen molar-refractivity contribution in [1.82, 2.24) is 10.7 Å². The molecule has 5 nitrogen and oxygen atoms in total. The minimum absolute atomic E-state index is 0.0392. The molecular weight excluding hydrogens is 348 g/mol. The lowest BCUT2D eigenvalue weighted by Crippen LogP contribution is -2.31. The normalized spacial score (nSPS) is 10.7. The van der Waals surface area contributed by atoms with Gasteiger partial charge in [0.25, 0.3) is 0 Å². The molecule has 8 heteroatoms. The summed E-state index contributed by atoms with van der Waals surface area (Å²) in [5.74, 6) is 0.150. The summed E-state index contributed by atoms with van der Waals surface area (Å²) < 4.78 is 34.0. The Balaban J connectivity index is 1.87. The smallest absolute Gasteiger partial charge is 0.387 e. The first-order valence-electron chi connectivity index (χ1n) is 7.32. The van der Waals surface area contributed by atoms with Crippen LogP contribution in [0.3, 0.4) is 0 Å². The second-order valence-corrected chi connectivity index (χ2v) is 5.24. The fourth-order valence-electron chi connectivity index (χ4n) is 1.94. The predicted octanol–water partition coefficient (Wildman–Crippen LogP) is 3.29. The van der Waals surface area contributed by atoms with E-state index >= 15 is 0 Å². The lowest BCUT2D eigenvalue weighted by atomic mass is 10.2. The van der Waals surface area contributed by atoms with Gasteiger partial charge in [-0.05, 0) is 41.5 Å². The number of benzene rings is 2. The number of halogens is 2. The van der Waals surface area contributed by atoms with Crippen LogP contribution < -0.4 is 20.2 Å². The summed E-state index contributed by atoms with van der Waals surface area (Å²) in [4.78, 5) is 0. The van der Waals surface area contributed by atoms with Gasteiger partial charge in [0.2, 0.25) is 0 Å². The fourth-order valence-corrected chi connectivity index (χ4v) is 2.07. The quantitative estimate of drug-likeness (QED) is 0.448. The summed E-state index contributed by atoms with van der Waals surface area (Å²) >= 11 is 5.12. The van der Waals surface area contributed by atoms with Crippen LogP contribution >= 0.6 is 12.2 Å². The zero-order valence-electron chi connectivity index (χ0n) is 13.4. The van der Waals surface area contributed by atoms with E-state index in [0.29, 0.717) is 17.2 Å². The standard InChI is InChI=1S/C17H17F2N3O2S/c1-23-15-9-13(7-8-14(15)24-16(18)19)11-21-22-17(25)20-10-12-5-3-2-4-6-12/h2-9,11,16H,10H2,1H3,(H2,20,22,25). The molecule has 0 aliphatic rings. The fraction of sp³-hybridized carbons (Fsp3) is 0.176. The first-order valence-corrected chi connectivity index (χ1v) is 7.73. The molecule has 0 fully saturated rings. The Morgan fingerprint density at radius 1 is 1.20 bits per heavy atom. The Morgan fingerprint density at radius 3 is 2.64 bits per heavy atom. The number of thiocarbonyl (C=S) groups is 1. The number of ether oxygens (including phenoxy) is 2. The van der Waals surface area contributed by atoms with Crippen LogP contribution in [0.15, 0.2) is 53.6 Å². The molecule has 0 aromatic heterocycles. The van der Waals surface area contributed by atoms with Gasteiger partial charge >= 0.3 is 6.61 Å². The summed E-state index contributed by atoms with van der Waals surface area (Å²) in [6.45, 7) is -2.33. The number of nitrogens with zero attached hydrogens (tertiary/aromatic N) is 1. The van der Waals surface area contributed by atoms with Crippen molar-refractivity contribution in [1.29, 1.82) is 0 Å². The summed E-state index contributed by atoms with van der Waals surface area (Å²) in [5.41, 5.74) is 4.41. The maximum atomic E-state index is 12.3. The van der Waals surface area contributed by atoms with Crippen molar-refractivity contribution in [3.8, 4) is 11.5 Å². The number of rotatable bonds is 7. The third-order valence-electron chi connectivity index (χ3n) is 3.08. The highest BCUT2D eigenvalue weighted by Gasteiger charge is 2.10. The van der Waals surface area contributed by atoms with Crippen LogP contribution in [0.1, 0.15) is 11.1 Å². The van der Waals surface area contributed by atoms with Gasteiger partial charge in [-0.25, -0.2) is 0 Å². The minimum atomic E-state index is -2.91. The van der Waals surface area contributed by atoms with Crippen LogP contribution in [0.25, 0.3) is 0 Å². The molecule has 0 heterocycles. The Hall–Kier alpha value is -2.74. The van der Waals surface area contributed by atoms with E-state index in [1.807, 2.05) is 30.3 Å². The van der Waals surface area contributed by atoms with Crippen LogP contribution in [0.2, 0.25) is 0 Å². The number of alkyl halides is 2. The first kappa shape index (κ1) is 18.6. The van der Waals surface area contributed by atoms with Gasteiger partial charge in [-0.3, -0.25) is 5.43 Å². The maximum Gasteiger partial charge on any atom is 0.387 e. The van der Waals surface area contributed by atoms with E-state index in [1.165, 1.54) is 25.5 Å². The van der Waals surface area contributed by atoms with Crippen molar-refractivity contribution in [2.24, 2.45) is 5.10 Å². The molecule has 0 amide bonds. The number of hydrogen-bond donors (Lipinski definition) is 2. The van der Waals surface area contributed by atoms with Crippen molar-refractivity contribution in [2.45, 2.75) is 13.2 Å². The monoisotopic (exact) mass is 365 g/mol. The topological polar surface area (TPSA) is 54.9 Å². The Morgan fingerprint density at radius 2 is 1.96 bits per heavy atom. The highest BCUT2D eigenvalue weighted by Crippen LogP contribution is 2.28. The number of methoxy groups -OCH3 is 1. The summed E-state index contributed by atoms with van der Waals surface area (Å²) in [6, 6.07) is 14.3. The molecule has 0 radical (unpaired) electrons. The average molecular weight is 365 g/mol. The molecule has 0 aliphatic carbocycles. The highest BCUT2D eigenvalue weighted by atomic mass is 32.1. The number of hydrazone groups is 1. The van der Waals surface area contributed by atoms with E-state index in [9.17, 15) is 8.78 Å². The lowest BCUT2D eigenvalue weighted by Gasteiger charge is -2.10. The largest absolute Gasteiger partial charge is 0.493 e. The molecule has 25 heavy (non-hydrogen) atoms. The highest BCUT2D eigenvalue weighted by molar-refractivity contribution is 7.80. The molecule has 0 aliphatic heterocycles. The number of nitrogens with one attached hydrogen (secondary N) is 2.